The monoisotopic (exact) mass is 207 g/mol. The van der Waals surface area contributed by atoms with Crippen LogP contribution in [-0.4, -0.2) is 25.7 Å². The Balaban J connectivity index is 3.07. The lowest BCUT2D eigenvalue weighted by molar-refractivity contribution is 0.0979. The van der Waals surface area contributed by atoms with E-state index in [1.807, 2.05) is 0 Å². The van der Waals surface area contributed by atoms with Crippen molar-refractivity contribution >= 4 is 12.1 Å². The van der Waals surface area contributed by atoms with Gasteiger partial charge in [0.2, 0.25) is 0 Å². The van der Waals surface area contributed by atoms with E-state index in [1.54, 1.807) is 12.1 Å². The maximum atomic E-state index is 11.5. The highest BCUT2D eigenvalue weighted by Crippen LogP contribution is 2.17. The zero-order valence-electron chi connectivity index (χ0n) is 8.53. The number of benzene rings is 1. The predicted molar refractivity (Wildman–Crippen MR) is 56.4 cm³/mol. The Morgan fingerprint density at radius 1 is 1.53 bits per heavy atom. The van der Waals surface area contributed by atoms with Gasteiger partial charge in [0, 0.05) is 17.5 Å². The van der Waals surface area contributed by atoms with Gasteiger partial charge in [-0.3, -0.25) is 9.59 Å². The number of rotatable bonds is 5. The highest BCUT2D eigenvalue weighted by atomic mass is 16.5. The summed E-state index contributed by atoms with van der Waals surface area (Å²) in [7, 11) is 1.51. The number of ketones is 1. The van der Waals surface area contributed by atoms with Gasteiger partial charge in [0.15, 0.2) is 12.1 Å². The minimum atomic E-state index is -0.123. The van der Waals surface area contributed by atoms with Crippen LogP contribution < -0.4 is 10.5 Å². The summed E-state index contributed by atoms with van der Waals surface area (Å²) in [6, 6.07) is 4.77. The number of methoxy groups -OCH3 is 1. The fourth-order valence-electron chi connectivity index (χ4n) is 1.28. The first kappa shape index (κ1) is 11.4. The summed E-state index contributed by atoms with van der Waals surface area (Å²) in [5, 5.41) is 0. The Morgan fingerprint density at radius 2 is 2.27 bits per heavy atom. The number of carbonyl (C=O) groups excluding carboxylic acids is 2. The summed E-state index contributed by atoms with van der Waals surface area (Å²) in [4.78, 5) is 22.3. The van der Waals surface area contributed by atoms with E-state index in [4.69, 9.17) is 10.5 Å². The Morgan fingerprint density at radius 3 is 2.80 bits per heavy atom. The van der Waals surface area contributed by atoms with Crippen LogP contribution in [0.1, 0.15) is 27.1 Å². The highest BCUT2D eigenvalue weighted by molar-refractivity contribution is 6.03. The molecular weight excluding hydrogens is 194 g/mol. The van der Waals surface area contributed by atoms with E-state index < -0.39 is 0 Å². The second-order valence-electron chi connectivity index (χ2n) is 3.03. The van der Waals surface area contributed by atoms with Crippen molar-refractivity contribution in [3.8, 4) is 5.75 Å². The van der Waals surface area contributed by atoms with Gasteiger partial charge in [0.1, 0.15) is 5.75 Å². The molecule has 0 unspecified atom stereocenters. The third-order valence-corrected chi connectivity index (χ3v) is 2.06. The molecule has 0 fully saturated rings. The van der Waals surface area contributed by atoms with E-state index in [0.717, 1.165) is 0 Å². The maximum absolute atomic E-state index is 11.5. The van der Waals surface area contributed by atoms with Crippen LogP contribution >= 0.6 is 0 Å². The standard InChI is InChI=1S/C11H13NO3/c1-15-9-2-3-10(8(6-9)7-13)11(14)4-5-12/h2-3,6-7H,4-5,12H2,1H3. The van der Waals surface area contributed by atoms with E-state index in [0.29, 0.717) is 23.2 Å². The number of carbonyl (C=O) groups is 2. The number of hydrogen-bond donors (Lipinski definition) is 1. The Kier molecular flexibility index (Phi) is 4.00. The summed E-state index contributed by atoms with van der Waals surface area (Å²) in [6.45, 7) is 0.281. The SMILES string of the molecule is COc1ccc(C(=O)CCN)c(C=O)c1. The highest BCUT2D eigenvalue weighted by Gasteiger charge is 2.10. The normalized spacial score (nSPS) is 9.73. The molecule has 1 aromatic carbocycles. The molecule has 0 radical (unpaired) electrons. The van der Waals surface area contributed by atoms with Crippen molar-refractivity contribution in [2.75, 3.05) is 13.7 Å². The first-order chi connectivity index (χ1) is 7.22. The topological polar surface area (TPSA) is 69.4 Å². The van der Waals surface area contributed by atoms with Crippen LogP contribution in [0.4, 0.5) is 0 Å². The second-order valence-corrected chi connectivity index (χ2v) is 3.03. The van der Waals surface area contributed by atoms with Crippen molar-refractivity contribution in [2.24, 2.45) is 5.73 Å². The Hall–Kier alpha value is -1.68. The van der Waals surface area contributed by atoms with Gasteiger partial charge in [0.25, 0.3) is 0 Å². The van der Waals surface area contributed by atoms with Crippen LogP contribution in [0.25, 0.3) is 0 Å². The average Bonchev–Trinajstić information content (AvgIpc) is 2.28. The third kappa shape index (κ3) is 2.63. The van der Waals surface area contributed by atoms with Crippen molar-refractivity contribution in [3.63, 3.8) is 0 Å². The molecule has 80 valence electrons. The van der Waals surface area contributed by atoms with Gasteiger partial charge < -0.3 is 10.5 Å². The van der Waals surface area contributed by atoms with Crippen molar-refractivity contribution < 1.29 is 14.3 Å². The lowest BCUT2D eigenvalue weighted by atomic mass is 10.0. The lowest BCUT2D eigenvalue weighted by Gasteiger charge is -2.05. The lowest BCUT2D eigenvalue weighted by Crippen LogP contribution is -2.10. The minimum Gasteiger partial charge on any atom is -0.497 e. The van der Waals surface area contributed by atoms with E-state index in [2.05, 4.69) is 0 Å². The van der Waals surface area contributed by atoms with Crippen LogP contribution in [0.3, 0.4) is 0 Å². The fraction of sp³-hybridized carbons (Fsp3) is 0.273. The molecule has 0 heterocycles. The van der Waals surface area contributed by atoms with Crippen LogP contribution in [0.15, 0.2) is 18.2 Å². The van der Waals surface area contributed by atoms with Gasteiger partial charge in [-0.2, -0.15) is 0 Å². The molecule has 0 atom stereocenters. The molecule has 0 spiro atoms. The van der Waals surface area contributed by atoms with Crippen LogP contribution in [0.2, 0.25) is 0 Å². The predicted octanol–water partition coefficient (Wildman–Crippen LogP) is 1.04. The van der Waals surface area contributed by atoms with Gasteiger partial charge in [-0.25, -0.2) is 0 Å². The molecule has 0 aliphatic heterocycles. The van der Waals surface area contributed by atoms with E-state index >= 15 is 0 Å². The largest absolute Gasteiger partial charge is 0.497 e. The van der Waals surface area contributed by atoms with Gasteiger partial charge >= 0.3 is 0 Å². The van der Waals surface area contributed by atoms with E-state index in [9.17, 15) is 9.59 Å². The molecule has 0 aliphatic carbocycles. The van der Waals surface area contributed by atoms with Crippen molar-refractivity contribution in [1.29, 1.82) is 0 Å². The molecule has 1 aromatic rings. The Labute approximate surface area is 88.0 Å². The number of Topliss-reactive ketones (excluding diaryl/α,β-unsaturated/α-hetero) is 1. The molecule has 0 bridgehead atoms. The van der Waals surface area contributed by atoms with Crippen molar-refractivity contribution in [3.05, 3.63) is 29.3 Å². The molecule has 4 heteroatoms. The molecule has 0 saturated carbocycles. The van der Waals surface area contributed by atoms with E-state index in [-0.39, 0.29) is 18.7 Å². The summed E-state index contributed by atoms with van der Waals surface area (Å²) in [5.41, 5.74) is 6.02. The van der Waals surface area contributed by atoms with Gasteiger partial charge in [-0.05, 0) is 24.7 Å². The van der Waals surface area contributed by atoms with Crippen molar-refractivity contribution in [2.45, 2.75) is 6.42 Å². The molecule has 0 aliphatic rings. The second kappa shape index (κ2) is 5.26. The molecule has 0 amide bonds. The number of ether oxygens (including phenoxy) is 1. The maximum Gasteiger partial charge on any atom is 0.164 e. The molecule has 2 N–H and O–H groups in total. The first-order valence-electron chi connectivity index (χ1n) is 4.59. The third-order valence-electron chi connectivity index (χ3n) is 2.06. The molecule has 0 saturated heterocycles. The number of nitrogens with two attached hydrogens (primary N) is 1. The number of aldehydes is 1. The summed E-state index contributed by atoms with van der Waals surface area (Å²) < 4.78 is 4.96. The van der Waals surface area contributed by atoms with Crippen LogP contribution in [-0.2, 0) is 0 Å². The first-order valence-corrected chi connectivity index (χ1v) is 4.59. The summed E-state index contributed by atoms with van der Waals surface area (Å²) >= 11 is 0. The molecule has 15 heavy (non-hydrogen) atoms. The van der Waals surface area contributed by atoms with Gasteiger partial charge in [-0.15, -0.1) is 0 Å². The average molecular weight is 207 g/mol. The van der Waals surface area contributed by atoms with Gasteiger partial charge in [0.05, 0.1) is 7.11 Å². The van der Waals surface area contributed by atoms with Crippen LogP contribution in [0.5, 0.6) is 5.75 Å². The molecular formula is C11H13NO3. The van der Waals surface area contributed by atoms with E-state index in [1.165, 1.54) is 13.2 Å². The molecule has 0 aromatic heterocycles. The van der Waals surface area contributed by atoms with Crippen LogP contribution in [0, 0.1) is 0 Å². The number of hydrogen-bond acceptors (Lipinski definition) is 4. The smallest absolute Gasteiger partial charge is 0.164 e. The summed E-state index contributed by atoms with van der Waals surface area (Å²) in [5.74, 6) is 0.434. The zero-order valence-corrected chi connectivity index (χ0v) is 8.53. The molecule has 4 nitrogen and oxygen atoms in total. The van der Waals surface area contributed by atoms with Gasteiger partial charge in [-0.1, -0.05) is 0 Å². The Bertz CT molecular complexity index is 374. The molecule has 1 rings (SSSR count). The van der Waals surface area contributed by atoms with Crippen molar-refractivity contribution in [1.82, 2.24) is 0 Å². The minimum absolute atomic E-state index is 0.123. The quantitative estimate of drug-likeness (QED) is 0.578. The fourth-order valence-corrected chi connectivity index (χ4v) is 1.28. The zero-order chi connectivity index (χ0) is 11.3. The summed E-state index contributed by atoms with van der Waals surface area (Å²) in [6.07, 6.45) is 0.888.